The molecular formula is C16H21FN2O3S. The molecule has 1 aromatic carbocycles. The largest absolute Gasteiger partial charge is 0.379 e. The lowest BCUT2D eigenvalue weighted by Crippen LogP contribution is -2.24. The molecule has 0 unspecified atom stereocenters. The van der Waals surface area contributed by atoms with E-state index in [1.165, 1.54) is 24.3 Å². The van der Waals surface area contributed by atoms with Gasteiger partial charge in [0.05, 0.1) is 6.10 Å². The van der Waals surface area contributed by atoms with Crippen LogP contribution in [0.4, 0.5) is 4.39 Å². The highest BCUT2D eigenvalue weighted by Crippen LogP contribution is 2.29. The maximum atomic E-state index is 13.0. The van der Waals surface area contributed by atoms with Crippen LogP contribution >= 0.6 is 0 Å². The number of ether oxygens (including phenoxy) is 1. The van der Waals surface area contributed by atoms with Crippen LogP contribution < -0.4 is 4.72 Å². The van der Waals surface area contributed by atoms with Crippen molar-refractivity contribution in [2.24, 2.45) is 4.99 Å². The lowest BCUT2D eigenvalue weighted by molar-refractivity contribution is 0.0783. The molecule has 5 nitrogen and oxygen atoms in total. The van der Waals surface area contributed by atoms with Crippen molar-refractivity contribution in [3.8, 4) is 0 Å². The van der Waals surface area contributed by atoms with Crippen LogP contribution in [0.25, 0.3) is 4.91 Å². The Morgan fingerprint density at radius 2 is 1.91 bits per heavy atom. The van der Waals surface area contributed by atoms with Crippen molar-refractivity contribution in [3.05, 3.63) is 41.2 Å². The molecule has 1 aliphatic heterocycles. The molecule has 1 N–H and O–H groups in total. The van der Waals surface area contributed by atoms with E-state index in [0.29, 0.717) is 36.5 Å². The molecule has 0 spiro atoms. The SMILES string of the molecule is CC1=C(c2ccc(F)cc2)S(=O)(=O)NC1=NCCCOC(C)C. The van der Waals surface area contributed by atoms with Crippen molar-refractivity contribution in [3.63, 3.8) is 0 Å². The van der Waals surface area contributed by atoms with Crippen molar-refractivity contribution in [2.75, 3.05) is 13.2 Å². The van der Waals surface area contributed by atoms with Gasteiger partial charge in [-0.1, -0.05) is 12.1 Å². The van der Waals surface area contributed by atoms with Crippen LogP contribution in [0, 0.1) is 5.82 Å². The zero-order chi connectivity index (χ0) is 17.0. The average molecular weight is 340 g/mol. The van der Waals surface area contributed by atoms with Gasteiger partial charge in [-0.15, -0.1) is 0 Å². The summed E-state index contributed by atoms with van der Waals surface area (Å²) >= 11 is 0. The third-order valence-corrected chi connectivity index (χ3v) is 4.87. The second kappa shape index (κ2) is 7.23. The molecule has 7 heteroatoms. The lowest BCUT2D eigenvalue weighted by Gasteiger charge is -2.05. The zero-order valence-electron chi connectivity index (χ0n) is 13.5. The third kappa shape index (κ3) is 4.39. The molecule has 23 heavy (non-hydrogen) atoms. The Morgan fingerprint density at radius 3 is 2.52 bits per heavy atom. The van der Waals surface area contributed by atoms with Crippen LogP contribution in [0.3, 0.4) is 0 Å². The summed E-state index contributed by atoms with van der Waals surface area (Å²) in [6.45, 7) is 6.66. The van der Waals surface area contributed by atoms with Crippen LogP contribution in [-0.2, 0) is 14.8 Å². The fraction of sp³-hybridized carbons (Fsp3) is 0.438. The summed E-state index contributed by atoms with van der Waals surface area (Å²) in [7, 11) is -3.66. The Hall–Kier alpha value is -1.73. The number of rotatable bonds is 6. The van der Waals surface area contributed by atoms with E-state index < -0.39 is 15.8 Å². The van der Waals surface area contributed by atoms with Gasteiger partial charge in [0.2, 0.25) is 0 Å². The molecule has 2 rings (SSSR count). The number of halogens is 1. The summed E-state index contributed by atoms with van der Waals surface area (Å²) in [5.74, 6) is -0.0664. The van der Waals surface area contributed by atoms with Gasteiger partial charge in [0.25, 0.3) is 10.0 Å². The van der Waals surface area contributed by atoms with Gasteiger partial charge in [-0.3, -0.25) is 9.71 Å². The van der Waals surface area contributed by atoms with Crippen molar-refractivity contribution < 1.29 is 17.5 Å². The fourth-order valence-corrected chi connectivity index (χ4v) is 3.78. The van der Waals surface area contributed by atoms with Crippen LogP contribution in [0.1, 0.15) is 32.8 Å². The number of hydrogen-bond donors (Lipinski definition) is 1. The van der Waals surface area contributed by atoms with E-state index in [9.17, 15) is 12.8 Å². The summed E-state index contributed by atoms with van der Waals surface area (Å²) in [6, 6.07) is 5.38. The molecule has 0 amide bonds. The molecule has 0 bridgehead atoms. The molecule has 1 heterocycles. The topological polar surface area (TPSA) is 67.8 Å². The smallest absolute Gasteiger partial charge is 0.264 e. The number of sulfonamides is 1. The van der Waals surface area contributed by atoms with Gasteiger partial charge in [0, 0.05) is 18.7 Å². The summed E-state index contributed by atoms with van der Waals surface area (Å²) < 4.78 is 45.5. The Labute approximate surface area is 136 Å². The monoisotopic (exact) mass is 340 g/mol. The van der Waals surface area contributed by atoms with Crippen LogP contribution in [0.15, 0.2) is 34.8 Å². The highest BCUT2D eigenvalue weighted by atomic mass is 32.2. The Kier molecular flexibility index (Phi) is 5.54. The van der Waals surface area contributed by atoms with E-state index in [2.05, 4.69) is 9.71 Å². The van der Waals surface area contributed by atoms with E-state index in [4.69, 9.17) is 4.74 Å². The first-order valence-corrected chi connectivity index (χ1v) is 8.95. The zero-order valence-corrected chi connectivity index (χ0v) is 14.3. The van der Waals surface area contributed by atoms with E-state index in [0.717, 1.165) is 0 Å². The van der Waals surface area contributed by atoms with Gasteiger partial charge in [-0.05, 0) is 44.9 Å². The second-order valence-corrected chi connectivity index (χ2v) is 7.19. The van der Waals surface area contributed by atoms with E-state index in [1.54, 1.807) is 6.92 Å². The normalized spacial score (nSPS) is 18.7. The number of aliphatic imine (C=N–C) groups is 1. The molecule has 0 atom stereocenters. The Bertz CT molecular complexity index is 722. The Morgan fingerprint density at radius 1 is 1.26 bits per heavy atom. The number of nitrogens with zero attached hydrogens (tertiary/aromatic N) is 1. The van der Waals surface area contributed by atoms with Crippen molar-refractivity contribution in [2.45, 2.75) is 33.3 Å². The van der Waals surface area contributed by atoms with Gasteiger partial charge in [-0.2, -0.15) is 0 Å². The maximum Gasteiger partial charge on any atom is 0.264 e. The van der Waals surface area contributed by atoms with Gasteiger partial charge in [0.15, 0.2) is 0 Å². The molecule has 0 fully saturated rings. The summed E-state index contributed by atoms with van der Waals surface area (Å²) in [5.41, 5.74) is 0.992. The van der Waals surface area contributed by atoms with Crippen LogP contribution in [-0.4, -0.2) is 33.5 Å². The molecular weight excluding hydrogens is 319 g/mol. The summed E-state index contributed by atoms with van der Waals surface area (Å²) in [4.78, 5) is 4.45. The maximum absolute atomic E-state index is 13.0. The van der Waals surface area contributed by atoms with E-state index in [-0.39, 0.29) is 11.0 Å². The predicted octanol–water partition coefficient (Wildman–Crippen LogP) is 2.70. The highest BCUT2D eigenvalue weighted by molar-refractivity contribution is 8.00. The van der Waals surface area contributed by atoms with Gasteiger partial charge < -0.3 is 4.74 Å². The second-order valence-electron chi connectivity index (χ2n) is 5.57. The molecule has 0 saturated carbocycles. The number of hydrogen-bond acceptors (Lipinski definition) is 4. The van der Waals surface area contributed by atoms with Crippen molar-refractivity contribution >= 4 is 20.8 Å². The first kappa shape index (κ1) is 17.6. The van der Waals surface area contributed by atoms with E-state index in [1.807, 2.05) is 13.8 Å². The molecule has 0 saturated heterocycles. The quantitative estimate of drug-likeness (QED) is 0.810. The Balaban J connectivity index is 2.17. The first-order chi connectivity index (χ1) is 10.8. The molecule has 1 aromatic rings. The minimum Gasteiger partial charge on any atom is -0.379 e. The lowest BCUT2D eigenvalue weighted by atomic mass is 10.1. The number of amidine groups is 1. The first-order valence-electron chi connectivity index (χ1n) is 7.47. The predicted molar refractivity (Wildman–Crippen MR) is 89.1 cm³/mol. The van der Waals surface area contributed by atoms with Gasteiger partial charge in [-0.25, -0.2) is 12.8 Å². The number of benzene rings is 1. The molecule has 0 aliphatic carbocycles. The molecule has 0 radical (unpaired) electrons. The standard InChI is InChI=1S/C16H21FN2O3S/c1-11(2)22-10-4-9-18-16-12(3)15(23(20,21)19-16)13-5-7-14(17)8-6-13/h5-8,11H,4,9-10H2,1-3H3,(H,18,19). The van der Waals surface area contributed by atoms with Crippen LogP contribution in [0.2, 0.25) is 0 Å². The van der Waals surface area contributed by atoms with Crippen LogP contribution in [0.5, 0.6) is 0 Å². The summed E-state index contributed by atoms with van der Waals surface area (Å²) in [6.07, 6.45) is 0.877. The third-order valence-electron chi connectivity index (χ3n) is 3.33. The average Bonchev–Trinajstić information content (AvgIpc) is 2.69. The molecule has 0 aromatic heterocycles. The molecule has 126 valence electrons. The highest BCUT2D eigenvalue weighted by Gasteiger charge is 2.32. The summed E-state index contributed by atoms with van der Waals surface area (Å²) in [5, 5.41) is 0. The van der Waals surface area contributed by atoms with Gasteiger partial charge in [0.1, 0.15) is 16.6 Å². The van der Waals surface area contributed by atoms with Crippen molar-refractivity contribution in [1.29, 1.82) is 0 Å². The minimum atomic E-state index is -3.66. The van der Waals surface area contributed by atoms with Gasteiger partial charge >= 0.3 is 0 Å². The fourth-order valence-electron chi connectivity index (χ4n) is 2.26. The molecule has 1 aliphatic rings. The number of nitrogens with one attached hydrogen (secondary N) is 1. The van der Waals surface area contributed by atoms with Crippen molar-refractivity contribution in [1.82, 2.24) is 4.72 Å². The van der Waals surface area contributed by atoms with E-state index >= 15 is 0 Å². The minimum absolute atomic E-state index is 0.148.